The zero-order valence-corrected chi connectivity index (χ0v) is 14.1. The van der Waals surface area contributed by atoms with E-state index in [4.69, 9.17) is 9.47 Å². The summed E-state index contributed by atoms with van der Waals surface area (Å²) in [4.78, 5) is 23.9. The Kier molecular flexibility index (Phi) is 6.85. The van der Waals surface area contributed by atoms with Gasteiger partial charge in [0.1, 0.15) is 5.60 Å². The van der Waals surface area contributed by atoms with Crippen LogP contribution >= 0.6 is 0 Å². The summed E-state index contributed by atoms with van der Waals surface area (Å²) in [6, 6.07) is 0. The Labute approximate surface area is 133 Å². The first kappa shape index (κ1) is 18.5. The predicted octanol–water partition coefficient (Wildman–Crippen LogP) is 3.67. The zero-order chi connectivity index (χ0) is 16.8. The van der Waals surface area contributed by atoms with Crippen molar-refractivity contribution in [2.45, 2.75) is 52.6 Å². The minimum Gasteiger partial charge on any atom is -0.466 e. The molecule has 0 aromatic heterocycles. The van der Waals surface area contributed by atoms with Crippen LogP contribution < -0.4 is 0 Å². The predicted molar refractivity (Wildman–Crippen MR) is 86.1 cm³/mol. The Hall–Kier alpha value is -1.58. The average molecular weight is 308 g/mol. The Bertz CT molecular complexity index is 431. The molecule has 124 valence electrons. The van der Waals surface area contributed by atoms with E-state index in [1.807, 2.05) is 26.8 Å². The van der Waals surface area contributed by atoms with E-state index in [1.165, 1.54) is 6.08 Å². The highest BCUT2D eigenvalue weighted by Gasteiger charge is 2.33. The van der Waals surface area contributed by atoms with Crippen LogP contribution in [0.2, 0.25) is 0 Å². The Balaban J connectivity index is 2.76. The molecular weight excluding hydrogens is 280 g/mol. The molecule has 0 aromatic rings. The molecule has 1 saturated carbocycles. The number of allylic oxidation sites excluding steroid dienone is 2. The van der Waals surface area contributed by atoms with Crippen LogP contribution in [0.5, 0.6) is 0 Å². The van der Waals surface area contributed by atoms with Gasteiger partial charge in [0.05, 0.1) is 12.5 Å². The number of hydrogen-bond donors (Lipinski definition) is 0. The molecule has 22 heavy (non-hydrogen) atoms. The van der Waals surface area contributed by atoms with E-state index >= 15 is 0 Å². The highest BCUT2D eigenvalue weighted by molar-refractivity contribution is 5.82. The van der Waals surface area contributed by atoms with Crippen molar-refractivity contribution in [3.05, 3.63) is 24.8 Å². The van der Waals surface area contributed by atoms with Crippen molar-refractivity contribution < 1.29 is 19.1 Å². The molecule has 3 atom stereocenters. The number of carbonyl (C=O) groups excluding carboxylic acids is 2. The monoisotopic (exact) mass is 308 g/mol. The van der Waals surface area contributed by atoms with Crippen LogP contribution in [0.1, 0.15) is 47.0 Å². The smallest absolute Gasteiger partial charge is 0.330 e. The maximum Gasteiger partial charge on any atom is 0.330 e. The number of esters is 2. The minimum atomic E-state index is -0.516. The van der Waals surface area contributed by atoms with Crippen molar-refractivity contribution in [2.24, 2.45) is 17.8 Å². The van der Waals surface area contributed by atoms with Gasteiger partial charge in [0.25, 0.3) is 0 Å². The van der Waals surface area contributed by atoms with Crippen molar-refractivity contribution in [1.29, 1.82) is 0 Å². The van der Waals surface area contributed by atoms with Gasteiger partial charge < -0.3 is 9.47 Å². The van der Waals surface area contributed by atoms with Gasteiger partial charge in [0, 0.05) is 6.08 Å². The van der Waals surface area contributed by atoms with Crippen molar-refractivity contribution in [3.8, 4) is 0 Å². The third-order valence-electron chi connectivity index (χ3n) is 3.75. The molecule has 0 spiro atoms. The SMILES string of the molecule is C=C[C@@H]1CC[C@@H](C(=O)OCC)C(/C=C/C(=O)OC(C)(C)C)C1. The fourth-order valence-corrected chi connectivity index (χ4v) is 2.75. The summed E-state index contributed by atoms with van der Waals surface area (Å²) in [5.74, 6) is -0.378. The molecule has 0 radical (unpaired) electrons. The van der Waals surface area contributed by atoms with E-state index in [0.717, 1.165) is 19.3 Å². The number of carbonyl (C=O) groups is 2. The molecule has 4 nitrogen and oxygen atoms in total. The van der Waals surface area contributed by atoms with Crippen molar-refractivity contribution in [3.63, 3.8) is 0 Å². The standard InChI is InChI=1S/C18H28O4/c1-6-13-8-10-15(17(20)21-7-2)14(12-13)9-11-16(19)22-18(3,4)5/h6,9,11,13-15H,1,7-8,10,12H2,2-5H3/b11-9+/t13-,14?,15-/m1/s1. The van der Waals surface area contributed by atoms with Crippen LogP contribution in [0.4, 0.5) is 0 Å². The Morgan fingerprint density at radius 3 is 2.50 bits per heavy atom. The molecule has 0 bridgehead atoms. The first-order valence-electron chi connectivity index (χ1n) is 7.97. The van der Waals surface area contributed by atoms with Crippen LogP contribution in [-0.2, 0) is 19.1 Å². The summed E-state index contributed by atoms with van der Waals surface area (Å²) < 4.78 is 10.4. The van der Waals surface area contributed by atoms with Crippen molar-refractivity contribution >= 4 is 11.9 Å². The fourth-order valence-electron chi connectivity index (χ4n) is 2.75. The summed E-state index contributed by atoms with van der Waals surface area (Å²) in [6.45, 7) is 11.5. The Morgan fingerprint density at radius 2 is 1.95 bits per heavy atom. The van der Waals surface area contributed by atoms with Gasteiger partial charge in [-0.3, -0.25) is 4.79 Å². The third-order valence-corrected chi connectivity index (χ3v) is 3.75. The lowest BCUT2D eigenvalue weighted by atomic mass is 9.74. The maximum absolute atomic E-state index is 12.1. The topological polar surface area (TPSA) is 52.6 Å². The van der Waals surface area contributed by atoms with Crippen LogP contribution in [0.15, 0.2) is 24.8 Å². The van der Waals surface area contributed by atoms with E-state index in [2.05, 4.69) is 6.58 Å². The molecule has 0 N–H and O–H groups in total. The minimum absolute atomic E-state index is 0.0108. The Morgan fingerprint density at radius 1 is 1.27 bits per heavy atom. The summed E-state index contributed by atoms with van der Waals surface area (Å²) in [5.41, 5.74) is -0.516. The van der Waals surface area contributed by atoms with E-state index in [9.17, 15) is 9.59 Å². The molecule has 1 rings (SSSR count). The molecule has 0 aromatic carbocycles. The van der Waals surface area contributed by atoms with E-state index < -0.39 is 5.60 Å². The molecule has 0 aliphatic heterocycles. The van der Waals surface area contributed by atoms with Gasteiger partial charge in [-0.2, -0.15) is 0 Å². The molecule has 4 heteroatoms. The van der Waals surface area contributed by atoms with Crippen LogP contribution in [0.3, 0.4) is 0 Å². The molecule has 0 saturated heterocycles. The molecule has 0 amide bonds. The highest BCUT2D eigenvalue weighted by atomic mass is 16.6. The lowest BCUT2D eigenvalue weighted by molar-refractivity contribution is -0.151. The molecule has 1 unspecified atom stereocenters. The quantitative estimate of drug-likeness (QED) is 0.442. The second-order valence-electron chi connectivity index (χ2n) is 6.72. The zero-order valence-electron chi connectivity index (χ0n) is 14.1. The van der Waals surface area contributed by atoms with E-state index in [0.29, 0.717) is 12.5 Å². The third kappa shape index (κ3) is 6.04. The first-order valence-corrected chi connectivity index (χ1v) is 7.97. The lowest BCUT2D eigenvalue weighted by Gasteiger charge is -2.31. The average Bonchev–Trinajstić information content (AvgIpc) is 2.43. The molecular formula is C18H28O4. The van der Waals surface area contributed by atoms with Crippen LogP contribution in [0, 0.1) is 17.8 Å². The van der Waals surface area contributed by atoms with Crippen LogP contribution in [-0.4, -0.2) is 24.1 Å². The summed E-state index contributed by atoms with van der Waals surface area (Å²) in [7, 11) is 0. The van der Waals surface area contributed by atoms with E-state index in [1.54, 1.807) is 13.0 Å². The van der Waals surface area contributed by atoms with Gasteiger partial charge in [0.2, 0.25) is 0 Å². The van der Waals surface area contributed by atoms with Gasteiger partial charge in [-0.05, 0) is 58.8 Å². The number of rotatable bonds is 5. The van der Waals surface area contributed by atoms with Gasteiger partial charge >= 0.3 is 11.9 Å². The molecule has 0 heterocycles. The molecule has 1 fully saturated rings. The number of hydrogen-bond acceptors (Lipinski definition) is 4. The molecule has 1 aliphatic carbocycles. The maximum atomic E-state index is 12.1. The van der Waals surface area contributed by atoms with E-state index in [-0.39, 0.29) is 23.8 Å². The lowest BCUT2D eigenvalue weighted by Crippen LogP contribution is -2.31. The van der Waals surface area contributed by atoms with Gasteiger partial charge in [-0.1, -0.05) is 12.2 Å². The number of ether oxygens (including phenoxy) is 2. The van der Waals surface area contributed by atoms with Crippen molar-refractivity contribution in [1.82, 2.24) is 0 Å². The van der Waals surface area contributed by atoms with Crippen molar-refractivity contribution in [2.75, 3.05) is 6.61 Å². The van der Waals surface area contributed by atoms with Gasteiger partial charge in [0.15, 0.2) is 0 Å². The highest BCUT2D eigenvalue weighted by Crippen LogP contribution is 2.36. The first-order chi connectivity index (χ1) is 10.3. The second kappa shape index (κ2) is 8.16. The second-order valence-corrected chi connectivity index (χ2v) is 6.72. The van der Waals surface area contributed by atoms with Crippen LogP contribution in [0.25, 0.3) is 0 Å². The molecule has 1 aliphatic rings. The summed E-state index contributed by atoms with van der Waals surface area (Å²) in [6.07, 6.45) is 7.67. The largest absolute Gasteiger partial charge is 0.466 e. The summed E-state index contributed by atoms with van der Waals surface area (Å²) >= 11 is 0. The summed E-state index contributed by atoms with van der Waals surface area (Å²) in [5, 5.41) is 0. The van der Waals surface area contributed by atoms with Gasteiger partial charge in [-0.15, -0.1) is 6.58 Å². The normalized spacial score (nSPS) is 25.7. The fraction of sp³-hybridized carbons (Fsp3) is 0.667. The van der Waals surface area contributed by atoms with Gasteiger partial charge in [-0.25, -0.2) is 4.79 Å².